The number of thiophene rings is 1. The van der Waals surface area contributed by atoms with E-state index in [1.54, 1.807) is 24.3 Å². The summed E-state index contributed by atoms with van der Waals surface area (Å²) in [4.78, 5) is 25.5. The van der Waals surface area contributed by atoms with Crippen molar-refractivity contribution in [2.75, 3.05) is 0 Å². The Labute approximate surface area is 149 Å². The van der Waals surface area contributed by atoms with Crippen LogP contribution in [0.15, 0.2) is 67.9 Å². The van der Waals surface area contributed by atoms with Crippen molar-refractivity contribution in [1.29, 1.82) is 0 Å². The summed E-state index contributed by atoms with van der Waals surface area (Å²) in [6.07, 6.45) is 0. The lowest BCUT2D eigenvalue weighted by molar-refractivity contribution is 0.562. The van der Waals surface area contributed by atoms with Gasteiger partial charge in [-0.25, -0.2) is 14.4 Å². The molecule has 0 saturated heterocycles. The topological polar surface area (TPSA) is 93.3 Å². The van der Waals surface area contributed by atoms with Crippen LogP contribution in [0, 0.1) is 0 Å². The van der Waals surface area contributed by atoms with Crippen molar-refractivity contribution < 1.29 is 4.42 Å². The summed E-state index contributed by atoms with van der Waals surface area (Å²) in [6.45, 7) is 0. The fraction of sp³-hybridized carbons (Fsp3) is 0. The Morgan fingerprint density at radius 3 is 2.81 bits per heavy atom. The van der Waals surface area contributed by atoms with Crippen LogP contribution in [-0.4, -0.2) is 19.8 Å². The number of fused-ring (bicyclic) bond motifs is 2. The molecule has 0 radical (unpaired) electrons. The Hall–Kier alpha value is -3.52. The lowest BCUT2D eigenvalue weighted by Gasteiger charge is -2.03. The first-order valence-electron chi connectivity index (χ1n) is 7.76. The van der Waals surface area contributed by atoms with Crippen molar-refractivity contribution in [3.63, 3.8) is 0 Å². The monoisotopic (exact) mass is 362 g/mol. The Morgan fingerprint density at radius 2 is 1.96 bits per heavy atom. The minimum atomic E-state index is -0.544. The van der Waals surface area contributed by atoms with Gasteiger partial charge in [-0.1, -0.05) is 24.3 Å². The molecule has 0 spiro atoms. The molecule has 0 unspecified atom stereocenters. The van der Waals surface area contributed by atoms with Gasteiger partial charge in [-0.2, -0.15) is 10.2 Å². The molecule has 0 amide bonds. The second kappa shape index (κ2) is 5.50. The second-order valence-corrected chi connectivity index (χ2v) is 6.61. The molecule has 0 fully saturated rings. The van der Waals surface area contributed by atoms with Crippen LogP contribution in [0.5, 0.6) is 0 Å². The molecule has 0 atom stereocenters. The third kappa shape index (κ3) is 2.20. The van der Waals surface area contributed by atoms with Gasteiger partial charge in [0.2, 0.25) is 0 Å². The van der Waals surface area contributed by atoms with Crippen LogP contribution in [0.4, 0.5) is 0 Å². The molecule has 0 bridgehead atoms. The number of H-pyrrole nitrogens is 1. The maximum atomic E-state index is 12.5. The van der Waals surface area contributed by atoms with E-state index in [0.717, 1.165) is 10.3 Å². The van der Waals surface area contributed by atoms with Gasteiger partial charge in [0.15, 0.2) is 5.82 Å². The number of nitrogens with one attached hydrogen (secondary N) is 1. The molecule has 7 nitrogen and oxygen atoms in total. The summed E-state index contributed by atoms with van der Waals surface area (Å²) in [5.74, 6) is 0.224. The number of nitrogens with zero attached hydrogens (tertiary/aromatic N) is 3. The van der Waals surface area contributed by atoms with E-state index in [4.69, 9.17) is 4.42 Å². The largest absolute Gasteiger partial charge is 0.422 e. The van der Waals surface area contributed by atoms with E-state index in [1.807, 2.05) is 29.6 Å². The highest BCUT2D eigenvalue weighted by atomic mass is 32.1. The van der Waals surface area contributed by atoms with Crippen LogP contribution < -0.4 is 11.2 Å². The van der Waals surface area contributed by atoms with E-state index in [0.29, 0.717) is 16.8 Å². The van der Waals surface area contributed by atoms with Gasteiger partial charge in [-0.05, 0) is 29.6 Å². The van der Waals surface area contributed by atoms with Crippen LogP contribution in [0.1, 0.15) is 0 Å². The summed E-state index contributed by atoms with van der Waals surface area (Å²) in [5, 5.41) is 13.6. The molecule has 26 heavy (non-hydrogen) atoms. The van der Waals surface area contributed by atoms with Crippen molar-refractivity contribution in [1.82, 2.24) is 19.8 Å². The zero-order chi connectivity index (χ0) is 17.7. The number of hydrogen-bond donors (Lipinski definition) is 1. The Balaban J connectivity index is 1.82. The van der Waals surface area contributed by atoms with Gasteiger partial charge in [0.25, 0.3) is 5.56 Å². The number of aromatic nitrogens is 4. The second-order valence-electron chi connectivity index (χ2n) is 5.67. The zero-order valence-electron chi connectivity index (χ0n) is 13.2. The molecular weight excluding hydrogens is 352 g/mol. The van der Waals surface area contributed by atoms with Gasteiger partial charge in [-0.3, -0.25) is 4.79 Å². The lowest BCUT2D eigenvalue weighted by Crippen LogP contribution is -2.16. The summed E-state index contributed by atoms with van der Waals surface area (Å²) >= 11 is 1.52. The number of rotatable bonds is 2. The average Bonchev–Trinajstić information content (AvgIpc) is 3.32. The van der Waals surface area contributed by atoms with Crippen LogP contribution in [0.2, 0.25) is 0 Å². The van der Waals surface area contributed by atoms with E-state index < -0.39 is 5.63 Å². The van der Waals surface area contributed by atoms with E-state index in [2.05, 4.69) is 15.3 Å². The molecule has 4 heterocycles. The Morgan fingerprint density at radius 1 is 1.08 bits per heavy atom. The molecular formula is C18H10N4O3S. The molecule has 0 aliphatic heterocycles. The van der Waals surface area contributed by atoms with E-state index in [-0.39, 0.29) is 16.9 Å². The maximum Gasteiger partial charge on any atom is 0.347 e. The van der Waals surface area contributed by atoms with Gasteiger partial charge in [0, 0.05) is 5.39 Å². The van der Waals surface area contributed by atoms with Crippen molar-refractivity contribution in [2.45, 2.75) is 0 Å². The first-order valence-corrected chi connectivity index (χ1v) is 8.64. The van der Waals surface area contributed by atoms with Crippen molar-refractivity contribution in [3.8, 4) is 22.0 Å². The molecule has 0 aliphatic rings. The molecule has 5 rings (SSSR count). The molecule has 0 aliphatic carbocycles. The van der Waals surface area contributed by atoms with Crippen molar-refractivity contribution in [2.24, 2.45) is 0 Å². The van der Waals surface area contributed by atoms with Gasteiger partial charge in [0.05, 0.1) is 4.88 Å². The minimum Gasteiger partial charge on any atom is -0.422 e. The van der Waals surface area contributed by atoms with Gasteiger partial charge in [-0.15, -0.1) is 11.3 Å². The highest BCUT2D eigenvalue weighted by molar-refractivity contribution is 7.13. The minimum absolute atomic E-state index is 0.224. The highest BCUT2D eigenvalue weighted by Crippen LogP contribution is 2.25. The highest BCUT2D eigenvalue weighted by Gasteiger charge is 2.17. The van der Waals surface area contributed by atoms with E-state index in [1.165, 1.54) is 15.9 Å². The molecule has 0 saturated carbocycles. The summed E-state index contributed by atoms with van der Waals surface area (Å²) < 4.78 is 6.76. The third-order valence-corrected chi connectivity index (χ3v) is 4.95. The summed E-state index contributed by atoms with van der Waals surface area (Å²) in [6, 6.07) is 14.4. The normalized spacial score (nSPS) is 11.4. The van der Waals surface area contributed by atoms with E-state index in [9.17, 15) is 9.59 Å². The average molecular weight is 362 g/mol. The van der Waals surface area contributed by atoms with Crippen molar-refractivity contribution >= 4 is 27.8 Å². The maximum absolute atomic E-state index is 12.5. The standard InChI is InChI=1S/C18H10N4O3S/c23-17-13-9-12(15-6-3-7-26-15)21-22(13)16(19-20-17)11-8-10-4-1-2-5-14(10)25-18(11)24/h1-9H,(H,20,23). The molecule has 5 aromatic rings. The quantitative estimate of drug-likeness (QED) is 0.487. The van der Waals surface area contributed by atoms with E-state index >= 15 is 0 Å². The SMILES string of the molecule is O=c1oc2ccccc2cc1-c1n[nH]c(=O)c2cc(-c3cccs3)nn12. The summed E-state index contributed by atoms with van der Waals surface area (Å²) in [5.41, 5.74) is 0.746. The first-order chi connectivity index (χ1) is 12.7. The molecule has 126 valence electrons. The zero-order valence-corrected chi connectivity index (χ0v) is 14.0. The van der Waals surface area contributed by atoms with Crippen LogP contribution in [-0.2, 0) is 0 Å². The smallest absolute Gasteiger partial charge is 0.347 e. The number of hydrogen-bond acceptors (Lipinski definition) is 6. The van der Waals surface area contributed by atoms with Gasteiger partial charge in [0.1, 0.15) is 22.4 Å². The van der Waals surface area contributed by atoms with Crippen LogP contribution in [0.3, 0.4) is 0 Å². The molecule has 8 heteroatoms. The Bertz CT molecular complexity index is 1380. The first kappa shape index (κ1) is 14.8. The molecule has 4 aromatic heterocycles. The molecule has 1 aromatic carbocycles. The Kier molecular flexibility index (Phi) is 3.13. The van der Waals surface area contributed by atoms with Crippen LogP contribution in [0.25, 0.3) is 38.4 Å². The summed E-state index contributed by atoms with van der Waals surface area (Å²) in [7, 11) is 0. The number of benzene rings is 1. The molecule has 1 N–H and O–H groups in total. The number of para-hydroxylation sites is 1. The third-order valence-electron chi connectivity index (χ3n) is 4.06. The fourth-order valence-corrected chi connectivity index (χ4v) is 3.53. The lowest BCUT2D eigenvalue weighted by atomic mass is 10.2. The fourth-order valence-electron chi connectivity index (χ4n) is 2.85. The van der Waals surface area contributed by atoms with Gasteiger partial charge >= 0.3 is 5.63 Å². The predicted molar refractivity (Wildman–Crippen MR) is 98.4 cm³/mol. The predicted octanol–water partition coefficient (Wildman–Crippen LogP) is 2.92. The number of aromatic amines is 1. The van der Waals surface area contributed by atoms with Crippen LogP contribution >= 0.6 is 11.3 Å². The van der Waals surface area contributed by atoms with Gasteiger partial charge < -0.3 is 4.42 Å². The van der Waals surface area contributed by atoms with Crippen molar-refractivity contribution in [3.05, 3.63) is 74.7 Å².